The maximum atomic E-state index is 9.38. The van der Waals surface area contributed by atoms with E-state index in [4.69, 9.17) is 21.1 Å². The first-order valence-corrected chi connectivity index (χ1v) is 4.15. The number of nitrogens with two attached hydrogens (primary N) is 1. The Morgan fingerprint density at radius 3 is 2.27 bits per heavy atom. The van der Waals surface area contributed by atoms with Gasteiger partial charge in [-0.2, -0.15) is 0 Å². The van der Waals surface area contributed by atoms with Gasteiger partial charge < -0.3 is 26.2 Å². The molecule has 15 heavy (non-hydrogen) atoms. The molecule has 0 spiro atoms. The summed E-state index contributed by atoms with van der Waals surface area (Å²) in [4.78, 5) is 0. The van der Waals surface area contributed by atoms with Crippen molar-refractivity contribution in [3.8, 4) is 17.2 Å². The van der Waals surface area contributed by atoms with E-state index in [2.05, 4.69) is 0 Å². The Bertz CT molecular complexity index is 332. The maximum Gasteiger partial charge on any atom is 0.200 e. The molecule has 1 aromatic carbocycles. The van der Waals surface area contributed by atoms with Crippen LogP contribution in [0.2, 0.25) is 0 Å². The van der Waals surface area contributed by atoms with Gasteiger partial charge in [-0.3, -0.25) is 0 Å². The molecule has 5 nitrogen and oxygen atoms in total. The molecule has 1 aromatic rings. The van der Waals surface area contributed by atoms with Gasteiger partial charge in [-0.15, -0.1) is 12.4 Å². The van der Waals surface area contributed by atoms with E-state index in [1.54, 1.807) is 0 Å². The molecule has 1 unspecified atom stereocenters. The normalized spacial score (nSPS) is 11.9. The van der Waals surface area contributed by atoms with Crippen LogP contribution in [0.25, 0.3) is 0 Å². The Morgan fingerprint density at radius 2 is 1.73 bits per heavy atom. The van der Waals surface area contributed by atoms with Crippen molar-refractivity contribution in [1.82, 2.24) is 0 Å². The minimum atomic E-state index is -0.562. The van der Waals surface area contributed by atoms with E-state index < -0.39 is 17.5 Å². The third-order valence-corrected chi connectivity index (χ3v) is 1.93. The number of benzene rings is 1. The molecule has 0 radical (unpaired) electrons. The maximum absolute atomic E-state index is 9.38. The molecule has 6 N–H and O–H groups in total. The Balaban J connectivity index is 0.00000196. The molecule has 6 heteroatoms. The smallest absolute Gasteiger partial charge is 0.200 e. The predicted molar refractivity (Wildman–Crippen MR) is 57.4 cm³/mol. The molecule has 0 aliphatic carbocycles. The molecule has 1 rings (SSSR count). The van der Waals surface area contributed by atoms with Gasteiger partial charge in [0.05, 0.1) is 6.61 Å². The Hall–Kier alpha value is -1.17. The second-order valence-electron chi connectivity index (χ2n) is 3.09. The topological polar surface area (TPSA) is 107 Å². The van der Waals surface area contributed by atoms with Crippen LogP contribution in [0, 0.1) is 0 Å². The quantitative estimate of drug-likeness (QED) is 0.477. The molecule has 0 aliphatic rings. The van der Waals surface area contributed by atoms with Crippen molar-refractivity contribution in [2.45, 2.75) is 12.5 Å². The molecule has 0 saturated carbocycles. The van der Waals surface area contributed by atoms with Crippen molar-refractivity contribution < 1.29 is 20.4 Å². The van der Waals surface area contributed by atoms with Gasteiger partial charge in [-0.25, -0.2) is 0 Å². The number of aromatic hydroxyl groups is 3. The summed E-state index contributed by atoms with van der Waals surface area (Å²) >= 11 is 0. The number of halogens is 1. The highest BCUT2D eigenvalue weighted by Crippen LogP contribution is 2.37. The van der Waals surface area contributed by atoms with Gasteiger partial charge in [0.2, 0.25) is 5.75 Å². The lowest BCUT2D eigenvalue weighted by molar-refractivity contribution is 0.264. The molecule has 0 fully saturated rings. The summed E-state index contributed by atoms with van der Waals surface area (Å²) in [7, 11) is 0. The molecule has 0 heterocycles. The van der Waals surface area contributed by atoms with Gasteiger partial charge in [0.1, 0.15) is 0 Å². The van der Waals surface area contributed by atoms with Gasteiger partial charge >= 0.3 is 0 Å². The molecular formula is C9H14ClNO4. The molecule has 0 amide bonds. The largest absolute Gasteiger partial charge is 0.504 e. The number of aliphatic hydroxyl groups excluding tert-OH is 1. The number of hydrogen-bond donors (Lipinski definition) is 5. The van der Waals surface area contributed by atoms with Gasteiger partial charge in [0.25, 0.3) is 0 Å². The van der Waals surface area contributed by atoms with E-state index in [-0.39, 0.29) is 31.2 Å². The first-order chi connectivity index (χ1) is 6.56. The average molecular weight is 236 g/mol. The van der Waals surface area contributed by atoms with E-state index in [0.29, 0.717) is 5.56 Å². The number of phenolic OH excluding ortho intramolecular Hbond substituents is 3. The summed E-state index contributed by atoms with van der Waals surface area (Å²) in [5.41, 5.74) is 5.85. The molecule has 0 bridgehead atoms. The van der Waals surface area contributed by atoms with Crippen molar-refractivity contribution in [2.24, 2.45) is 5.73 Å². The first kappa shape index (κ1) is 13.8. The van der Waals surface area contributed by atoms with E-state index in [0.717, 1.165) is 0 Å². The van der Waals surface area contributed by atoms with Crippen LogP contribution in [0.5, 0.6) is 17.2 Å². The first-order valence-electron chi connectivity index (χ1n) is 4.15. The van der Waals surface area contributed by atoms with Crippen molar-refractivity contribution in [3.05, 3.63) is 17.7 Å². The Labute approximate surface area is 93.2 Å². The lowest BCUT2D eigenvalue weighted by atomic mass is 10.1. The van der Waals surface area contributed by atoms with Crippen LogP contribution in [-0.4, -0.2) is 33.1 Å². The highest BCUT2D eigenvalue weighted by molar-refractivity contribution is 5.85. The van der Waals surface area contributed by atoms with Crippen LogP contribution >= 0.6 is 12.4 Å². The number of aliphatic hydroxyl groups is 1. The highest BCUT2D eigenvalue weighted by atomic mass is 35.5. The fourth-order valence-electron chi connectivity index (χ4n) is 1.12. The van der Waals surface area contributed by atoms with E-state index in [1.807, 2.05) is 0 Å². The van der Waals surface area contributed by atoms with Crippen molar-refractivity contribution >= 4 is 12.4 Å². The molecule has 0 aliphatic heterocycles. The van der Waals surface area contributed by atoms with Gasteiger partial charge in [-0.1, -0.05) is 6.07 Å². The second-order valence-corrected chi connectivity index (χ2v) is 3.09. The zero-order chi connectivity index (χ0) is 10.7. The van der Waals surface area contributed by atoms with E-state index in [1.165, 1.54) is 12.1 Å². The Kier molecular flexibility index (Phi) is 5.21. The number of hydrogen-bond acceptors (Lipinski definition) is 5. The summed E-state index contributed by atoms with van der Waals surface area (Å²) in [5.74, 6) is -1.34. The molecule has 0 aromatic heterocycles. The predicted octanol–water partition coefficient (Wildman–Crippen LogP) is 0.0873. The van der Waals surface area contributed by atoms with Crippen LogP contribution < -0.4 is 5.73 Å². The lowest BCUT2D eigenvalue weighted by Crippen LogP contribution is -2.26. The van der Waals surface area contributed by atoms with Crippen molar-refractivity contribution in [3.63, 3.8) is 0 Å². The molecule has 0 saturated heterocycles. The Morgan fingerprint density at radius 1 is 1.13 bits per heavy atom. The number of rotatable bonds is 3. The zero-order valence-corrected chi connectivity index (χ0v) is 8.74. The standard InChI is InChI=1S/C9H13NO4.ClH/c10-6(4-11)3-5-1-2-7(12)9(14)8(5)13;/h1-2,6,11-14H,3-4,10H2;1H. The lowest BCUT2D eigenvalue weighted by Gasteiger charge is -2.10. The second kappa shape index (κ2) is 5.65. The van der Waals surface area contributed by atoms with E-state index in [9.17, 15) is 5.11 Å². The minimum absolute atomic E-state index is 0. The summed E-state index contributed by atoms with van der Waals surface area (Å²) in [6, 6.07) is 2.21. The van der Waals surface area contributed by atoms with Crippen LogP contribution in [0.3, 0.4) is 0 Å². The van der Waals surface area contributed by atoms with Crippen LogP contribution in [0.15, 0.2) is 12.1 Å². The van der Waals surface area contributed by atoms with E-state index >= 15 is 0 Å². The SMILES string of the molecule is Cl.NC(CO)Cc1ccc(O)c(O)c1O. The highest BCUT2D eigenvalue weighted by Gasteiger charge is 2.13. The minimum Gasteiger partial charge on any atom is -0.504 e. The van der Waals surface area contributed by atoms with Gasteiger partial charge in [-0.05, 0) is 18.1 Å². The summed E-state index contributed by atoms with van der Waals surface area (Å²) < 4.78 is 0. The van der Waals surface area contributed by atoms with Crippen LogP contribution in [0.4, 0.5) is 0 Å². The molecule has 1 atom stereocenters. The molecule has 86 valence electrons. The van der Waals surface area contributed by atoms with Gasteiger partial charge in [0.15, 0.2) is 11.5 Å². The zero-order valence-electron chi connectivity index (χ0n) is 7.92. The monoisotopic (exact) mass is 235 g/mol. The number of phenols is 3. The fourth-order valence-corrected chi connectivity index (χ4v) is 1.12. The summed E-state index contributed by atoms with van der Waals surface area (Å²) in [6.07, 6.45) is 0.232. The fraction of sp³-hybridized carbons (Fsp3) is 0.333. The summed E-state index contributed by atoms with van der Waals surface area (Å²) in [5, 5.41) is 36.3. The molecular weight excluding hydrogens is 222 g/mol. The average Bonchev–Trinajstić information content (AvgIpc) is 2.19. The third-order valence-electron chi connectivity index (χ3n) is 1.93. The van der Waals surface area contributed by atoms with Crippen LogP contribution in [0.1, 0.15) is 5.56 Å². The third kappa shape index (κ3) is 3.16. The summed E-state index contributed by atoms with van der Waals surface area (Å²) in [6.45, 7) is -0.207. The van der Waals surface area contributed by atoms with Crippen LogP contribution in [-0.2, 0) is 6.42 Å². The van der Waals surface area contributed by atoms with Crippen molar-refractivity contribution in [2.75, 3.05) is 6.61 Å². The van der Waals surface area contributed by atoms with Crippen molar-refractivity contribution in [1.29, 1.82) is 0 Å². The van der Waals surface area contributed by atoms with Gasteiger partial charge in [0, 0.05) is 6.04 Å².